The Hall–Kier alpha value is -0.610. The van der Waals surface area contributed by atoms with Gasteiger partial charge in [-0.1, -0.05) is 11.6 Å². The predicted molar refractivity (Wildman–Crippen MR) is 50.2 cm³/mol. The van der Waals surface area contributed by atoms with Crippen LogP contribution in [0.5, 0.6) is 0 Å². The van der Waals surface area contributed by atoms with E-state index in [0.29, 0.717) is 0 Å². The third kappa shape index (κ3) is 1.84. The molecule has 72 valence electrons. The van der Waals surface area contributed by atoms with E-state index in [1.54, 1.807) is 4.90 Å². The van der Waals surface area contributed by atoms with Gasteiger partial charge in [-0.25, -0.2) is 9.38 Å². The molecule has 1 N–H and O–H groups in total. The zero-order valence-corrected chi connectivity index (χ0v) is 7.84. The molecule has 0 radical (unpaired) electrons. The van der Waals surface area contributed by atoms with Crippen molar-refractivity contribution in [2.24, 2.45) is 4.99 Å². The van der Waals surface area contributed by atoms with Crippen molar-refractivity contribution in [1.29, 1.82) is 0 Å². The zero-order valence-electron chi connectivity index (χ0n) is 7.08. The van der Waals surface area contributed by atoms with E-state index in [0.717, 1.165) is 25.6 Å². The lowest BCUT2D eigenvalue weighted by molar-refractivity contribution is 0.234. The minimum absolute atomic E-state index is 0.130. The Morgan fingerprint density at radius 3 is 3.23 bits per heavy atom. The fourth-order valence-electron chi connectivity index (χ4n) is 1.61. The van der Waals surface area contributed by atoms with Gasteiger partial charge in [-0.3, -0.25) is 5.32 Å². The molecule has 2 heterocycles. The fourth-order valence-corrected chi connectivity index (χ4v) is 1.85. The Morgan fingerprint density at radius 2 is 2.54 bits per heavy atom. The molecular weight excluding hydrogens is 193 g/mol. The highest BCUT2D eigenvalue weighted by atomic mass is 35.5. The number of hydrogen-bond donors (Lipinski definition) is 1. The minimum atomic E-state index is -0.477. The topological polar surface area (TPSA) is 27.6 Å². The standard InChI is InChI=1S/C8H11ClFN3/c9-8-12-4-6(10)5-13(8)7-2-1-3-11-7/h4-5,7-8,11H,1-3H2. The van der Waals surface area contributed by atoms with E-state index in [1.807, 2.05) is 0 Å². The van der Waals surface area contributed by atoms with Crippen LogP contribution in [0.4, 0.5) is 4.39 Å². The maximum Gasteiger partial charge on any atom is 0.198 e. The molecule has 1 fully saturated rings. The quantitative estimate of drug-likeness (QED) is 0.516. The van der Waals surface area contributed by atoms with Crippen LogP contribution < -0.4 is 5.32 Å². The van der Waals surface area contributed by atoms with Gasteiger partial charge in [-0.05, 0) is 19.4 Å². The second kappa shape index (κ2) is 3.64. The molecule has 0 saturated carbocycles. The molecule has 2 atom stereocenters. The van der Waals surface area contributed by atoms with Crippen LogP contribution in [0.1, 0.15) is 12.8 Å². The van der Waals surface area contributed by atoms with E-state index in [9.17, 15) is 4.39 Å². The van der Waals surface area contributed by atoms with Crippen molar-refractivity contribution in [3.8, 4) is 0 Å². The van der Waals surface area contributed by atoms with E-state index in [2.05, 4.69) is 10.3 Å². The van der Waals surface area contributed by atoms with Gasteiger partial charge in [0.1, 0.15) is 0 Å². The third-order valence-electron chi connectivity index (χ3n) is 2.23. The van der Waals surface area contributed by atoms with Crippen molar-refractivity contribution < 1.29 is 4.39 Å². The Balaban J connectivity index is 2.08. The van der Waals surface area contributed by atoms with Gasteiger partial charge in [-0.15, -0.1) is 0 Å². The van der Waals surface area contributed by atoms with Crippen LogP contribution >= 0.6 is 11.6 Å². The minimum Gasteiger partial charge on any atom is -0.325 e. The third-order valence-corrected chi connectivity index (χ3v) is 2.57. The molecule has 0 spiro atoms. The summed E-state index contributed by atoms with van der Waals surface area (Å²) in [4.78, 5) is 5.53. The van der Waals surface area contributed by atoms with E-state index >= 15 is 0 Å². The number of aliphatic imine (C=N–C) groups is 1. The molecule has 13 heavy (non-hydrogen) atoms. The zero-order chi connectivity index (χ0) is 9.26. The van der Waals surface area contributed by atoms with Gasteiger partial charge in [0, 0.05) is 6.20 Å². The van der Waals surface area contributed by atoms with Crippen molar-refractivity contribution in [2.75, 3.05) is 6.54 Å². The molecule has 1 saturated heterocycles. The van der Waals surface area contributed by atoms with Crippen molar-refractivity contribution in [3.05, 3.63) is 12.0 Å². The highest BCUT2D eigenvalue weighted by Gasteiger charge is 2.26. The van der Waals surface area contributed by atoms with Gasteiger partial charge in [-0.2, -0.15) is 0 Å². The summed E-state index contributed by atoms with van der Waals surface area (Å²) in [6.07, 6.45) is 4.79. The summed E-state index contributed by atoms with van der Waals surface area (Å²) < 4.78 is 12.8. The molecular formula is C8H11ClFN3. The summed E-state index contributed by atoms with van der Waals surface area (Å²) in [5, 5.41) is 3.23. The molecule has 2 aliphatic rings. The molecule has 5 heteroatoms. The first-order chi connectivity index (χ1) is 6.27. The first kappa shape index (κ1) is 8.97. The number of nitrogens with zero attached hydrogens (tertiary/aromatic N) is 2. The second-order valence-corrected chi connectivity index (χ2v) is 3.55. The molecule has 0 bridgehead atoms. The van der Waals surface area contributed by atoms with Gasteiger partial charge in [0.15, 0.2) is 11.5 Å². The predicted octanol–water partition coefficient (Wildman–Crippen LogP) is 1.42. The lowest BCUT2D eigenvalue weighted by Crippen LogP contribution is -2.43. The Morgan fingerprint density at radius 1 is 1.69 bits per heavy atom. The number of alkyl halides is 1. The summed E-state index contributed by atoms with van der Waals surface area (Å²) in [6.45, 7) is 0.962. The lowest BCUT2D eigenvalue weighted by Gasteiger charge is -2.31. The van der Waals surface area contributed by atoms with Gasteiger partial charge in [0.25, 0.3) is 0 Å². The first-order valence-electron chi connectivity index (χ1n) is 4.33. The molecule has 2 rings (SSSR count). The smallest absolute Gasteiger partial charge is 0.198 e. The SMILES string of the molecule is FC1=CN(C2CCCN2)C(Cl)N=C1. The van der Waals surface area contributed by atoms with Crippen LogP contribution in [-0.4, -0.2) is 29.4 Å². The molecule has 0 amide bonds. The summed E-state index contributed by atoms with van der Waals surface area (Å²) in [6, 6.07) is 0. The van der Waals surface area contributed by atoms with Crippen molar-refractivity contribution in [1.82, 2.24) is 10.2 Å². The Kier molecular flexibility index (Phi) is 2.51. The summed E-state index contributed by atoms with van der Waals surface area (Å²) in [5.74, 6) is -0.342. The lowest BCUT2D eigenvalue weighted by atomic mass is 10.3. The van der Waals surface area contributed by atoms with E-state index in [-0.39, 0.29) is 12.0 Å². The molecule has 2 aliphatic heterocycles. The van der Waals surface area contributed by atoms with Crippen molar-refractivity contribution in [2.45, 2.75) is 24.6 Å². The number of allylic oxidation sites excluding steroid dienone is 1. The molecule has 0 aromatic carbocycles. The van der Waals surface area contributed by atoms with Crippen molar-refractivity contribution in [3.63, 3.8) is 0 Å². The molecule has 2 unspecified atom stereocenters. The van der Waals surface area contributed by atoms with Gasteiger partial charge < -0.3 is 4.90 Å². The fraction of sp³-hybridized carbons (Fsp3) is 0.625. The molecule has 0 aromatic rings. The van der Waals surface area contributed by atoms with E-state index < -0.39 is 5.62 Å². The first-order valence-corrected chi connectivity index (χ1v) is 4.76. The van der Waals surface area contributed by atoms with Crippen LogP contribution in [0.2, 0.25) is 0 Å². The monoisotopic (exact) mass is 203 g/mol. The van der Waals surface area contributed by atoms with Gasteiger partial charge in [0.05, 0.1) is 12.4 Å². The van der Waals surface area contributed by atoms with E-state index in [1.165, 1.54) is 6.20 Å². The normalized spacial score (nSPS) is 33.7. The Labute approximate surface area is 81.3 Å². The van der Waals surface area contributed by atoms with E-state index in [4.69, 9.17) is 11.6 Å². The molecule has 0 aromatic heterocycles. The number of hydrogen-bond acceptors (Lipinski definition) is 3. The van der Waals surface area contributed by atoms with Gasteiger partial charge in [0.2, 0.25) is 0 Å². The number of rotatable bonds is 1. The maximum absolute atomic E-state index is 12.8. The second-order valence-electron chi connectivity index (χ2n) is 3.16. The average molecular weight is 204 g/mol. The van der Waals surface area contributed by atoms with Crippen molar-refractivity contribution >= 4 is 17.8 Å². The van der Waals surface area contributed by atoms with Gasteiger partial charge >= 0.3 is 0 Å². The largest absolute Gasteiger partial charge is 0.325 e. The average Bonchev–Trinajstić information content (AvgIpc) is 2.61. The summed E-state index contributed by atoms with van der Waals surface area (Å²) >= 11 is 5.90. The van der Waals surface area contributed by atoms with Crippen LogP contribution in [0.3, 0.4) is 0 Å². The summed E-state index contributed by atoms with van der Waals surface area (Å²) in [7, 11) is 0. The van der Waals surface area contributed by atoms with Crippen LogP contribution in [0.15, 0.2) is 17.0 Å². The van der Waals surface area contributed by atoms with Crippen LogP contribution in [0.25, 0.3) is 0 Å². The highest BCUT2D eigenvalue weighted by molar-refractivity contribution is 6.20. The number of nitrogens with one attached hydrogen (secondary N) is 1. The summed E-state index contributed by atoms with van der Waals surface area (Å²) in [5.41, 5.74) is -0.477. The highest BCUT2D eigenvalue weighted by Crippen LogP contribution is 2.21. The Bertz CT molecular complexity index is 248. The van der Waals surface area contributed by atoms with Crippen LogP contribution in [-0.2, 0) is 0 Å². The maximum atomic E-state index is 12.8. The molecule has 3 nitrogen and oxygen atoms in total. The van der Waals surface area contributed by atoms with Crippen LogP contribution in [0, 0.1) is 0 Å². The number of halogens is 2. The molecule has 0 aliphatic carbocycles.